The van der Waals surface area contributed by atoms with Gasteiger partial charge >= 0.3 is 5.97 Å². The highest BCUT2D eigenvalue weighted by atomic mass is 35.5. The normalized spacial score (nSPS) is 11.1. The Balaban J connectivity index is 1.35. The second kappa shape index (κ2) is 10.1. The standard InChI is InChI=1S/C24H18ClNO5S2/c25-22-13-14-23(32-22)33(28,29)26-19-11-9-18(10-12-19)24(27)30-16-17-5-4-8-21(15-17)31-20-6-2-1-3-7-20/h1-15,26H,16H2. The van der Waals surface area contributed by atoms with Crippen LogP contribution in [0.15, 0.2) is 95.2 Å². The minimum absolute atomic E-state index is 0.0678. The van der Waals surface area contributed by atoms with Gasteiger partial charge in [0.1, 0.15) is 22.3 Å². The second-order valence-corrected chi connectivity index (χ2v) is 10.5. The Morgan fingerprint density at radius 1 is 0.879 bits per heavy atom. The van der Waals surface area contributed by atoms with Gasteiger partial charge in [0, 0.05) is 5.69 Å². The molecule has 6 nitrogen and oxygen atoms in total. The first-order valence-electron chi connectivity index (χ1n) is 9.76. The number of carbonyl (C=O) groups excluding carboxylic acids is 1. The molecule has 1 aromatic heterocycles. The van der Waals surface area contributed by atoms with Gasteiger partial charge < -0.3 is 9.47 Å². The van der Waals surface area contributed by atoms with Crippen LogP contribution < -0.4 is 9.46 Å². The zero-order valence-corrected chi connectivity index (χ0v) is 19.5. The number of nitrogens with one attached hydrogen (secondary N) is 1. The van der Waals surface area contributed by atoms with E-state index < -0.39 is 16.0 Å². The highest BCUT2D eigenvalue weighted by molar-refractivity contribution is 7.94. The minimum atomic E-state index is -3.74. The summed E-state index contributed by atoms with van der Waals surface area (Å²) in [6.45, 7) is 0.0678. The van der Waals surface area contributed by atoms with E-state index in [4.69, 9.17) is 21.1 Å². The number of thiophene rings is 1. The third-order valence-corrected chi connectivity index (χ3v) is 7.54. The van der Waals surface area contributed by atoms with Crippen molar-refractivity contribution in [2.45, 2.75) is 10.8 Å². The third kappa shape index (κ3) is 6.13. The summed E-state index contributed by atoms with van der Waals surface area (Å²) < 4.78 is 38.9. The second-order valence-electron chi connectivity index (χ2n) is 6.88. The Morgan fingerprint density at radius 2 is 1.61 bits per heavy atom. The molecular weight excluding hydrogens is 482 g/mol. The van der Waals surface area contributed by atoms with Crippen LogP contribution in [0.25, 0.3) is 0 Å². The number of hydrogen-bond donors (Lipinski definition) is 1. The van der Waals surface area contributed by atoms with E-state index in [2.05, 4.69) is 4.72 Å². The number of esters is 1. The summed E-state index contributed by atoms with van der Waals surface area (Å²) in [4.78, 5) is 12.4. The van der Waals surface area contributed by atoms with Gasteiger partial charge in [-0.25, -0.2) is 13.2 Å². The zero-order chi connectivity index (χ0) is 23.3. The summed E-state index contributed by atoms with van der Waals surface area (Å²) in [5.74, 6) is 0.826. The first kappa shape index (κ1) is 22.8. The number of anilines is 1. The lowest BCUT2D eigenvalue weighted by Gasteiger charge is -2.09. The minimum Gasteiger partial charge on any atom is -0.457 e. The molecule has 0 bridgehead atoms. The lowest BCUT2D eigenvalue weighted by Crippen LogP contribution is -2.11. The third-order valence-electron chi connectivity index (χ3n) is 4.43. The van der Waals surface area contributed by atoms with Gasteiger partial charge in [-0.1, -0.05) is 41.9 Å². The first-order chi connectivity index (χ1) is 15.9. The van der Waals surface area contributed by atoms with Crippen LogP contribution in [-0.4, -0.2) is 14.4 Å². The van der Waals surface area contributed by atoms with Crippen LogP contribution in [0.3, 0.4) is 0 Å². The Morgan fingerprint density at radius 3 is 2.30 bits per heavy atom. The molecule has 0 unspecified atom stereocenters. The lowest BCUT2D eigenvalue weighted by atomic mass is 10.2. The van der Waals surface area contributed by atoms with Crippen molar-refractivity contribution in [2.24, 2.45) is 0 Å². The first-order valence-corrected chi connectivity index (χ1v) is 12.4. The molecule has 0 saturated carbocycles. The van der Waals surface area contributed by atoms with Crippen LogP contribution in [0.1, 0.15) is 15.9 Å². The predicted molar refractivity (Wildman–Crippen MR) is 129 cm³/mol. The summed E-state index contributed by atoms with van der Waals surface area (Å²) >= 11 is 6.77. The van der Waals surface area contributed by atoms with Crippen molar-refractivity contribution in [3.05, 3.63) is 106 Å². The predicted octanol–water partition coefficient (Wildman–Crippen LogP) is 6.35. The molecule has 0 aliphatic heterocycles. The maximum Gasteiger partial charge on any atom is 0.338 e. The molecule has 0 atom stereocenters. The van der Waals surface area contributed by atoms with Crippen LogP contribution >= 0.6 is 22.9 Å². The SMILES string of the molecule is O=C(OCc1cccc(Oc2ccccc2)c1)c1ccc(NS(=O)(=O)c2ccc(Cl)s2)cc1. The maximum absolute atomic E-state index is 12.4. The highest BCUT2D eigenvalue weighted by Crippen LogP contribution is 2.27. The maximum atomic E-state index is 12.4. The molecule has 3 aromatic carbocycles. The van der Waals surface area contributed by atoms with Crippen molar-refractivity contribution >= 4 is 44.6 Å². The molecule has 168 valence electrons. The van der Waals surface area contributed by atoms with Crippen molar-refractivity contribution < 1.29 is 22.7 Å². The fraction of sp³-hybridized carbons (Fsp3) is 0.0417. The molecule has 1 N–H and O–H groups in total. The van der Waals surface area contributed by atoms with E-state index in [1.54, 1.807) is 6.07 Å². The molecule has 0 aliphatic carbocycles. The molecule has 33 heavy (non-hydrogen) atoms. The topological polar surface area (TPSA) is 81.7 Å². The Bertz CT molecular complexity index is 1350. The molecule has 1 heterocycles. The van der Waals surface area contributed by atoms with Gasteiger partial charge in [-0.05, 0) is 66.2 Å². The summed E-state index contributed by atoms with van der Waals surface area (Å²) in [6, 6.07) is 25.6. The molecule has 0 radical (unpaired) electrons. The van der Waals surface area contributed by atoms with Crippen molar-refractivity contribution in [1.29, 1.82) is 0 Å². The fourth-order valence-electron chi connectivity index (χ4n) is 2.88. The number of hydrogen-bond acceptors (Lipinski definition) is 6. The fourth-order valence-corrected chi connectivity index (χ4v) is 5.42. The monoisotopic (exact) mass is 499 g/mol. The molecule has 0 spiro atoms. The quantitative estimate of drug-likeness (QED) is 0.285. The Hall–Kier alpha value is -3.33. The number of rotatable bonds is 8. The molecule has 9 heteroatoms. The number of halogens is 1. The van der Waals surface area contributed by atoms with Gasteiger partial charge in [0.2, 0.25) is 0 Å². The van der Waals surface area contributed by atoms with Crippen LogP contribution in [-0.2, 0) is 21.4 Å². The molecule has 4 rings (SSSR count). The number of benzene rings is 3. The summed E-state index contributed by atoms with van der Waals surface area (Å²) in [5, 5.41) is 0. The Kier molecular flexibility index (Phi) is 6.98. The molecule has 0 saturated heterocycles. The molecule has 0 fully saturated rings. The molecule has 4 aromatic rings. The van der Waals surface area contributed by atoms with E-state index in [1.165, 1.54) is 36.4 Å². The average Bonchev–Trinajstić information content (AvgIpc) is 3.26. The van der Waals surface area contributed by atoms with Gasteiger partial charge in [0.15, 0.2) is 0 Å². The van der Waals surface area contributed by atoms with Crippen LogP contribution in [0, 0.1) is 0 Å². The zero-order valence-electron chi connectivity index (χ0n) is 17.1. The van der Waals surface area contributed by atoms with E-state index in [0.717, 1.165) is 16.9 Å². The van der Waals surface area contributed by atoms with Gasteiger partial charge in [-0.2, -0.15) is 0 Å². The van der Waals surface area contributed by atoms with Crippen molar-refractivity contribution in [3.63, 3.8) is 0 Å². The van der Waals surface area contributed by atoms with E-state index in [0.29, 0.717) is 27.1 Å². The van der Waals surface area contributed by atoms with Gasteiger partial charge in [0.25, 0.3) is 10.0 Å². The highest BCUT2D eigenvalue weighted by Gasteiger charge is 2.17. The largest absolute Gasteiger partial charge is 0.457 e. The summed E-state index contributed by atoms with van der Waals surface area (Å²) in [6.07, 6.45) is 0. The molecular formula is C24H18ClNO5S2. The smallest absolute Gasteiger partial charge is 0.338 e. The average molecular weight is 500 g/mol. The Labute approximate surface area is 200 Å². The van der Waals surface area contributed by atoms with Crippen molar-refractivity contribution in [3.8, 4) is 11.5 Å². The number of ether oxygens (including phenoxy) is 2. The summed E-state index contributed by atoms with van der Waals surface area (Å²) in [5.41, 5.74) is 1.39. The van der Waals surface area contributed by atoms with E-state index >= 15 is 0 Å². The van der Waals surface area contributed by atoms with Crippen LogP contribution in [0.5, 0.6) is 11.5 Å². The lowest BCUT2D eigenvalue weighted by molar-refractivity contribution is 0.0472. The number of para-hydroxylation sites is 1. The van der Waals surface area contributed by atoms with Gasteiger partial charge in [-0.3, -0.25) is 4.72 Å². The van der Waals surface area contributed by atoms with Crippen LogP contribution in [0.4, 0.5) is 5.69 Å². The molecule has 0 amide bonds. The van der Waals surface area contributed by atoms with Gasteiger partial charge in [0.05, 0.1) is 9.90 Å². The van der Waals surface area contributed by atoms with Crippen molar-refractivity contribution in [1.82, 2.24) is 0 Å². The van der Waals surface area contributed by atoms with E-state index in [9.17, 15) is 13.2 Å². The summed E-state index contributed by atoms with van der Waals surface area (Å²) in [7, 11) is -3.74. The molecule has 0 aliphatic rings. The van der Waals surface area contributed by atoms with Crippen molar-refractivity contribution in [2.75, 3.05) is 4.72 Å². The van der Waals surface area contributed by atoms with Gasteiger partial charge in [-0.15, -0.1) is 11.3 Å². The van der Waals surface area contributed by atoms with Crippen LogP contribution in [0.2, 0.25) is 4.34 Å². The number of sulfonamides is 1. The number of carbonyl (C=O) groups is 1. The van der Waals surface area contributed by atoms with E-state index in [-0.39, 0.29) is 10.8 Å². The van der Waals surface area contributed by atoms with E-state index in [1.807, 2.05) is 48.5 Å².